The summed E-state index contributed by atoms with van der Waals surface area (Å²) >= 11 is 0. The molecule has 2 bridgehead atoms. The standard InChI is InChI=1S/C18H21FN2O4/c19-11-1-3-12(4-2-11)20-7-9-21(10-8-20)17(22)15-13-5-6-14(25-13)16(15)18(23)24/h1-4,13-16H,5-10H2,(H,23,24)/p-1/t13-,14+,15-,16+/m1/s1. The van der Waals surface area contributed by atoms with Crippen molar-refractivity contribution in [3.63, 3.8) is 0 Å². The van der Waals surface area contributed by atoms with E-state index in [1.54, 1.807) is 17.0 Å². The molecule has 1 aromatic rings. The maximum absolute atomic E-state index is 13.0. The van der Waals surface area contributed by atoms with Crippen LogP contribution in [0, 0.1) is 17.7 Å². The Morgan fingerprint density at radius 2 is 1.60 bits per heavy atom. The second-order valence-corrected chi connectivity index (χ2v) is 6.95. The Balaban J connectivity index is 1.41. The number of piperazine rings is 1. The molecular weight excluding hydrogens is 327 g/mol. The van der Waals surface area contributed by atoms with Crippen LogP contribution >= 0.6 is 0 Å². The first-order valence-electron chi connectivity index (χ1n) is 8.70. The van der Waals surface area contributed by atoms with Crippen molar-refractivity contribution in [2.75, 3.05) is 31.1 Å². The first kappa shape index (κ1) is 16.3. The molecule has 3 aliphatic rings. The van der Waals surface area contributed by atoms with Gasteiger partial charge < -0.3 is 24.4 Å². The fraction of sp³-hybridized carbons (Fsp3) is 0.556. The van der Waals surface area contributed by atoms with E-state index in [9.17, 15) is 19.1 Å². The maximum atomic E-state index is 13.0. The third kappa shape index (κ3) is 2.86. The summed E-state index contributed by atoms with van der Waals surface area (Å²) in [6.07, 6.45) is 0.742. The number of carbonyl (C=O) groups is 2. The van der Waals surface area contributed by atoms with Gasteiger partial charge in [0.15, 0.2) is 0 Å². The average Bonchev–Trinajstić information content (AvgIpc) is 3.23. The zero-order chi connectivity index (χ0) is 17.6. The molecule has 0 saturated carbocycles. The number of nitrogens with zero attached hydrogens (tertiary/aromatic N) is 2. The van der Waals surface area contributed by atoms with Crippen LogP contribution in [0.4, 0.5) is 10.1 Å². The Bertz CT molecular complexity index is 672. The van der Waals surface area contributed by atoms with Crippen LogP contribution in [0.15, 0.2) is 24.3 Å². The van der Waals surface area contributed by atoms with Crippen LogP contribution in [-0.4, -0.2) is 55.2 Å². The quantitative estimate of drug-likeness (QED) is 0.771. The van der Waals surface area contributed by atoms with Crippen molar-refractivity contribution in [1.29, 1.82) is 0 Å². The van der Waals surface area contributed by atoms with Gasteiger partial charge in [-0.1, -0.05) is 0 Å². The highest BCUT2D eigenvalue weighted by Gasteiger charge is 2.53. The van der Waals surface area contributed by atoms with Gasteiger partial charge in [0.25, 0.3) is 0 Å². The molecule has 0 aliphatic carbocycles. The van der Waals surface area contributed by atoms with Gasteiger partial charge in [-0.3, -0.25) is 4.79 Å². The highest BCUT2D eigenvalue weighted by atomic mass is 19.1. The predicted octanol–water partition coefficient (Wildman–Crippen LogP) is 0.0178. The van der Waals surface area contributed by atoms with Crippen LogP contribution in [0.1, 0.15) is 12.8 Å². The van der Waals surface area contributed by atoms with E-state index in [1.165, 1.54) is 12.1 Å². The Morgan fingerprint density at radius 3 is 2.20 bits per heavy atom. The number of amides is 1. The fourth-order valence-electron chi connectivity index (χ4n) is 4.34. The van der Waals surface area contributed by atoms with E-state index in [1.807, 2.05) is 0 Å². The Morgan fingerprint density at radius 1 is 1.00 bits per heavy atom. The minimum absolute atomic E-state index is 0.139. The summed E-state index contributed by atoms with van der Waals surface area (Å²) in [5.41, 5.74) is 0.921. The molecule has 6 nitrogen and oxygen atoms in total. The molecule has 3 aliphatic heterocycles. The van der Waals surface area contributed by atoms with Gasteiger partial charge in [0.1, 0.15) is 5.82 Å². The van der Waals surface area contributed by atoms with Crippen LogP contribution in [0.3, 0.4) is 0 Å². The molecule has 3 saturated heterocycles. The van der Waals surface area contributed by atoms with Crippen molar-refractivity contribution >= 4 is 17.6 Å². The summed E-state index contributed by atoms with van der Waals surface area (Å²) in [5, 5.41) is 11.5. The molecule has 0 radical (unpaired) electrons. The lowest BCUT2D eigenvalue weighted by molar-refractivity contribution is -0.314. The largest absolute Gasteiger partial charge is 0.550 e. The number of hydrogen-bond donors (Lipinski definition) is 0. The number of ether oxygens (including phenoxy) is 1. The molecular formula is C18H20FN2O4-. The molecule has 1 amide bonds. The highest BCUT2D eigenvalue weighted by molar-refractivity contribution is 5.86. The van der Waals surface area contributed by atoms with Crippen molar-refractivity contribution in [1.82, 2.24) is 4.90 Å². The first-order valence-corrected chi connectivity index (χ1v) is 8.70. The number of carboxylic acids is 1. The molecule has 4 atom stereocenters. The van der Waals surface area contributed by atoms with E-state index < -0.39 is 17.8 Å². The Kier molecular flexibility index (Phi) is 4.11. The number of fused-ring (bicyclic) bond motifs is 2. The normalized spacial score (nSPS) is 31.4. The van der Waals surface area contributed by atoms with Crippen LogP contribution < -0.4 is 10.0 Å². The van der Waals surface area contributed by atoms with Crippen LogP contribution in [0.25, 0.3) is 0 Å². The summed E-state index contributed by atoms with van der Waals surface area (Å²) in [6.45, 7) is 2.30. The molecule has 7 heteroatoms. The lowest BCUT2D eigenvalue weighted by Crippen LogP contribution is -2.54. The monoisotopic (exact) mass is 347 g/mol. The molecule has 25 heavy (non-hydrogen) atoms. The third-order valence-electron chi connectivity index (χ3n) is 5.61. The maximum Gasteiger partial charge on any atom is 0.229 e. The molecule has 134 valence electrons. The minimum atomic E-state index is -1.18. The van der Waals surface area contributed by atoms with Gasteiger partial charge in [-0.05, 0) is 37.1 Å². The number of rotatable bonds is 3. The lowest BCUT2D eigenvalue weighted by atomic mass is 9.78. The number of aliphatic carboxylic acids is 1. The van der Waals surface area contributed by atoms with Crippen LogP contribution in [0.5, 0.6) is 0 Å². The van der Waals surface area contributed by atoms with Crippen LogP contribution in [0.2, 0.25) is 0 Å². The molecule has 0 unspecified atom stereocenters. The number of hydrogen-bond acceptors (Lipinski definition) is 5. The number of carbonyl (C=O) groups excluding carboxylic acids is 2. The lowest BCUT2D eigenvalue weighted by Gasteiger charge is -2.39. The third-order valence-corrected chi connectivity index (χ3v) is 5.61. The van der Waals surface area contributed by atoms with Crippen molar-refractivity contribution in [3.8, 4) is 0 Å². The van der Waals surface area contributed by atoms with E-state index in [2.05, 4.69) is 4.90 Å². The number of benzene rings is 1. The number of anilines is 1. The summed E-state index contributed by atoms with van der Waals surface area (Å²) in [6, 6.07) is 6.29. The predicted molar refractivity (Wildman–Crippen MR) is 85.1 cm³/mol. The van der Waals surface area contributed by atoms with Crippen molar-refractivity contribution in [2.24, 2.45) is 11.8 Å². The fourth-order valence-corrected chi connectivity index (χ4v) is 4.34. The number of halogens is 1. The Hall–Kier alpha value is -2.15. The van der Waals surface area contributed by atoms with E-state index in [0.717, 1.165) is 12.1 Å². The van der Waals surface area contributed by atoms with E-state index in [0.29, 0.717) is 32.6 Å². The molecule has 3 heterocycles. The molecule has 3 fully saturated rings. The second kappa shape index (κ2) is 6.29. The molecule has 0 N–H and O–H groups in total. The SMILES string of the molecule is O=C([O-])[C@@H]1[C@H](C(=O)N2CCN(c3ccc(F)cc3)CC2)[C@H]2CC[C@@H]1O2. The van der Waals surface area contributed by atoms with Gasteiger partial charge in [0.2, 0.25) is 5.91 Å². The molecule has 0 spiro atoms. The van der Waals surface area contributed by atoms with Gasteiger partial charge in [0, 0.05) is 43.8 Å². The zero-order valence-corrected chi connectivity index (χ0v) is 13.8. The van der Waals surface area contributed by atoms with Crippen LogP contribution in [-0.2, 0) is 14.3 Å². The van der Waals surface area contributed by atoms with Crippen molar-refractivity contribution < 1.29 is 23.8 Å². The molecule has 1 aromatic carbocycles. The van der Waals surface area contributed by atoms with E-state index in [4.69, 9.17) is 4.74 Å². The summed E-state index contributed by atoms with van der Waals surface area (Å²) in [4.78, 5) is 28.2. The highest BCUT2D eigenvalue weighted by Crippen LogP contribution is 2.44. The Labute approximate surface area is 145 Å². The minimum Gasteiger partial charge on any atom is -0.550 e. The smallest absolute Gasteiger partial charge is 0.229 e. The summed E-state index contributed by atoms with van der Waals surface area (Å²) < 4.78 is 18.7. The van der Waals surface area contributed by atoms with Crippen molar-refractivity contribution in [3.05, 3.63) is 30.1 Å². The summed E-state index contributed by atoms with van der Waals surface area (Å²) in [7, 11) is 0. The van der Waals surface area contributed by atoms with E-state index in [-0.39, 0.29) is 23.9 Å². The second-order valence-electron chi connectivity index (χ2n) is 6.95. The topological polar surface area (TPSA) is 72.9 Å². The number of carboxylic acid groups (broad SMARTS) is 1. The first-order chi connectivity index (χ1) is 12.0. The average molecular weight is 347 g/mol. The molecule has 0 aromatic heterocycles. The molecule has 4 rings (SSSR count). The zero-order valence-electron chi connectivity index (χ0n) is 13.8. The van der Waals surface area contributed by atoms with Gasteiger partial charge in [-0.15, -0.1) is 0 Å². The van der Waals surface area contributed by atoms with Gasteiger partial charge in [-0.2, -0.15) is 0 Å². The summed E-state index contributed by atoms with van der Waals surface area (Å²) in [5.74, 6) is -3.06. The van der Waals surface area contributed by atoms with Gasteiger partial charge >= 0.3 is 0 Å². The van der Waals surface area contributed by atoms with E-state index >= 15 is 0 Å². The van der Waals surface area contributed by atoms with Gasteiger partial charge in [0.05, 0.1) is 18.1 Å². The van der Waals surface area contributed by atoms with Gasteiger partial charge in [-0.25, -0.2) is 4.39 Å². The van der Waals surface area contributed by atoms with Crippen molar-refractivity contribution in [2.45, 2.75) is 25.0 Å².